The molecule has 0 unspecified atom stereocenters. The summed E-state index contributed by atoms with van der Waals surface area (Å²) in [5, 5.41) is 20.9. The molecule has 0 heterocycles. The van der Waals surface area contributed by atoms with Crippen molar-refractivity contribution in [1.29, 1.82) is 0 Å². The number of nitro benzene ring substituents is 1. The van der Waals surface area contributed by atoms with Gasteiger partial charge in [0.1, 0.15) is 0 Å². The Morgan fingerprint density at radius 3 is 2.68 bits per heavy atom. The Balaban J connectivity index is 1.98. The molecule has 3 rings (SSSR count). The SMILES string of the molecule is O=C1/C(=C\c2ccc([N+](=O)[O-])c(O)c2)Cc2c(Cl)cccc21. The van der Waals surface area contributed by atoms with Crippen molar-refractivity contribution in [1.82, 2.24) is 0 Å². The first kappa shape index (κ1) is 14.3. The molecule has 1 N–H and O–H groups in total. The predicted octanol–water partition coefficient (Wildman–Crippen LogP) is 3.78. The molecule has 0 amide bonds. The summed E-state index contributed by atoms with van der Waals surface area (Å²) < 4.78 is 0. The largest absolute Gasteiger partial charge is 0.502 e. The number of ketones is 1. The smallest absolute Gasteiger partial charge is 0.310 e. The number of allylic oxidation sites excluding steroid dienone is 1. The predicted molar refractivity (Wildman–Crippen MR) is 82.2 cm³/mol. The van der Waals surface area contributed by atoms with Crippen LogP contribution in [0.5, 0.6) is 5.75 Å². The Morgan fingerprint density at radius 1 is 1.27 bits per heavy atom. The van der Waals surface area contributed by atoms with E-state index in [2.05, 4.69) is 0 Å². The van der Waals surface area contributed by atoms with Crippen molar-refractivity contribution in [2.45, 2.75) is 6.42 Å². The second kappa shape index (κ2) is 5.27. The molecule has 5 nitrogen and oxygen atoms in total. The van der Waals surface area contributed by atoms with Gasteiger partial charge in [-0.05, 0) is 35.4 Å². The third-order valence-corrected chi connectivity index (χ3v) is 3.91. The minimum Gasteiger partial charge on any atom is -0.502 e. The molecule has 0 bridgehead atoms. The molecule has 0 radical (unpaired) electrons. The van der Waals surface area contributed by atoms with Crippen LogP contribution in [0.4, 0.5) is 5.69 Å². The van der Waals surface area contributed by atoms with Gasteiger partial charge in [-0.1, -0.05) is 23.7 Å². The number of hydrogen-bond acceptors (Lipinski definition) is 4. The van der Waals surface area contributed by atoms with E-state index < -0.39 is 10.7 Å². The Hall–Kier alpha value is -2.66. The second-order valence-electron chi connectivity index (χ2n) is 4.95. The zero-order chi connectivity index (χ0) is 15.9. The van der Waals surface area contributed by atoms with Crippen LogP contribution in [-0.4, -0.2) is 15.8 Å². The molecule has 110 valence electrons. The van der Waals surface area contributed by atoms with Gasteiger partial charge in [-0.2, -0.15) is 0 Å². The average molecular weight is 316 g/mol. The lowest BCUT2D eigenvalue weighted by Crippen LogP contribution is -1.95. The minimum atomic E-state index is -0.664. The van der Waals surface area contributed by atoms with Crippen molar-refractivity contribution in [3.05, 3.63) is 73.8 Å². The topological polar surface area (TPSA) is 80.4 Å². The lowest BCUT2D eigenvalue weighted by atomic mass is 10.1. The number of aromatic hydroxyl groups is 1. The normalized spacial score (nSPS) is 15.1. The number of nitrogens with zero attached hydrogens (tertiary/aromatic N) is 1. The van der Waals surface area contributed by atoms with Gasteiger partial charge in [0.25, 0.3) is 0 Å². The van der Waals surface area contributed by atoms with Crippen LogP contribution in [0.1, 0.15) is 21.5 Å². The molecular formula is C16H10ClNO4. The Kier molecular flexibility index (Phi) is 3.42. The molecule has 0 aromatic heterocycles. The highest BCUT2D eigenvalue weighted by Gasteiger charge is 2.26. The molecule has 22 heavy (non-hydrogen) atoms. The van der Waals surface area contributed by atoms with Crippen LogP contribution in [0.25, 0.3) is 6.08 Å². The summed E-state index contributed by atoms with van der Waals surface area (Å²) in [6.45, 7) is 0. The standard InChI is InChI=1S/C16H10ClNO4/c17-13-3-1-2-11-12(13)8-10(16(11)20)6-9-4-5-14(18(21)22)15(19)7-9/h1-7,19H,8H2/b10-6-. The molecule has 6 heteroatoms. The van der Waals surface area contributed by atoms with E-state index in [4.69, 9.17) is 11.6 Å². The van der Waals surface area contributed by atoms with Gasteiger partial charge in [0.05, 0.1) is 4.92 Å². The lowest BCUT2D eigenvalue weighted by Gasteiger charge is -1.99. The van der Waals surface area contributed by atoms with Crippen LogP contribution < -0.4 is 0 Å². The van der Waals surface area contributed by atoms with Gasteiger partial charge in [-0.3, -0.25) is 14.9 Å². The van der Waals surface area contributed by atoms with Gasteiger partial charge in [-0.15, -0.1) is 0 Å². The maximum absolute atomic E-state index is 12.3. The first-order valence-corrected chi connectivity index (χ1v) is 6.85. The molecule has 0 fully saturated rings. The van der Waals surface area contributed by atoms with Crippen molar-refractivity contribution in [2.75, 3.05) is 0 Å². The van der Waals surface area contributed by atoms with E-state index in [1.165, 1.54) is 18.2 Å². The van der Waals surface area contributed by atoms with E-state index in [-0.39, 0.29) is 11.5 Å². The number of fused-ring (bicyclic) bond motifs is 1. The highest BCUT2D eigenvalue weighted by molar-refractivity contribution is 6.33. The fraction of sp³-hybridized carbons (Fsp3) is 0.0625. The number of halogens is 1. The lowest BCUT2D eigenvalue weighted by molar-refractivity contribution is -0.385. The van der Waals surface area contributed by atoms with Gasteiger partial charge >= 0.3 is 5.69 Å². The molecule has 0 saturated carbocycles. The number of benzene rings is 2. The molecule has 0 saturated heterocycles. The van der Waals surface area contributed by atoms with Crippen LogP contribution in [-0.2, 0) is 6.42 Å². The maximum Gasteiger partial charge on any atom is 0.310 e. The molecule has 2 aromatic rings. The number of carbonyl (C=O) groups is 1. The molecule has 2 aromatic carbocycles. The van der Waals surface area contributed by atoms with Gasteiger partial charge in [0.15, 0.2) is 11.5 Å². The highest BCUT2D eigenvalue weighted by atomic mass is 35.5. The Morgan fingerprint density at radius 2 is 2.05 bits per heavy atom. The molecule has 0 spiro atoms. The summed E-state index contributed by atoms with van der Waals surface area (Å²) in [5.41, 5.74) is 2.05. The number of phenolic OH excluding ortho intramolecular Hbond substituents is 1. The first-order valence-electron chi connectivity index (χ1n) is 6.47. The van der Waals surface area contributed by atoms with Gasteiger partial charge < -0.3 is 5.11 Å². The summed E-state index contributed by atoms with van der Waals surface area (Å²) in [7, 11) is 0. The van der Waals surface area contributed by atoms with Crippen LogP contribution in [0.3, 0.4) is 0 Å². The fourth-order valence-electron chi connectivity index (χ4n) is 2.50. The quantitative estimate of drug-likeness (QED) is 0.519. The van der Waals surface area contributed by atoms with E-state index in [9.17, 15) is 20.0 Å². The average Bonchev–Trinajstić information content (AvgIpc) is 2.77. The van der Waals surface area contributed by atoms with Crippen molar-refractivity contribution >= 4 is 29.1 Å². The van der Waals surface area contributed by atoms with E-state index >= 15 is 0 Å². The van der Waals surface area contributed by atoms with Crippen LogP contribution >= 0.6 is 11.6 Å². The van der Waals surface area contributed by atoms with E-state index in [1.54, 1.807) is 24.3 Å². The van der Waals surface area contributed by atoms with Crippen LogP contribution in [0.15, 0.2) is 42.0 Å². The molecule has 1 aliphatic rings. The number of nitro groups is 1. The van der Waals surface area contributed by atoms with Gasteiger partial charge in [0.2, 0.25) is 0 Å². The number of carbonyl (C=O) groups excluding carboxylic acids is 1. The van der Waals surface area contributed by atoms with Crippen molar-refractivity contribution in [3.63, 3.8) is 0 Å². The highest BCUT2D eigenvalue weighted by Crippen LogP contribution is 2.34. The monoisotopic (exact) mass is 315 g/mol. The number of rotatable bonds is 2. The summed E-state index contributed by atoms with van der Waals surface area (Å²) in [6, 6.07) is 9.14. The first-order chi connectivity index (χ1) is 10.5. The van der Waals surface area contributed by atoms with Gasteiger partial charge in [-0.25, -0.2) is 0 Å². The third kappa shape index (κ3) is 2.35. The number of Topliss-reactive ketones (excluding diaryl/α,β-unsaturated/α-hetero) is 1. The zero-order valence-electron chi connectivity index (χ0n) is 11.2. The van der Waals surface area contributed by atoms with Crippen molar-refractivity contribution < 1.29 is 14.8 Å². The van der Waals surface area contributed by atoms with Crippen LogP contribution in [0.2, 0.25) is 5.02 Å². The summed E-state index contributed by atoms with van der Waals surface area (Å²) in [4.78, 5) is 22.3. The number of hydrogen-bond donors (Lipinski definition) is 1. The van der Waals surface area contributed by atoms with Gasteiger partial charge in [0, 0.05) is 28.6 Å². The summed E-state index contributed by atoms with van der Waals surface area (Å²) in [5.74, 6) is -0.546. The summed E-state index contributed by atoms with van der Waals surface area (Å²) in [6.07, 6.45) is 2.02. The van der Waals surface area contributed by atoms with Crippen molar-refractivity contribution in [3.8, 4) is 5.75 Å². The summed E-state index contributed by atoms with van der Waals surface area (Å²) >= 11 is 6.09. The van der Waals surface area contributed by atoms with E-state index in [0.717, 1.165) is 5.56 Å². The molecular weight excluding hydrogens is 306 g/mol. The molecule has 0 atom stereocenters. The van der Waals surface area contributed by atoms with Crippen LogP contribution in [0, 0.1) is 10.1 Å². The minimum absolute atomic E-state index is 0.115. The number of phenols is 1. The second-order valence-corrected chi connectivity index (χ2v) is 5.35. The fourth-order valence-corrected chi connectivity index (χ4v) is 2.74. The molecule has 1 aliphatic carbocycles. The van der Waals surface area contributed by atoms with Crippen molar-refractivity contribution in [2.24, 2.45) is 0 Å². The Bertz CT molecular complexity index is 842. The molecule has 0 aliphatic heterocycles. The third-order valence-electron chi connectivity index (χ3n) is 3.56. The van der Waals surface area contributed by atoms with E-state index in [1.807, 2.05) is 0 Å². The Labute approximate surface area is 130 Å². The zero-order valence-corrected chi connectivity index (χ0v) is 12.0. The van der Waals surface area contributed by atoms with E-state index in [0.29, 0.717) is 28.1 Å². The maximum atomic E-state index is 12.3.